The third-order valence-corrected chi connectivity index (χ3v) is 5.68. The van der Waals surface area contributed by atoms with E-state index in [0.717, 1.165) is 33.9 Å². The molecule has 1 N–H and O–H groups in total. The molecule has 5 aromatic rings. The maximum Gasteiger partial charge on any atom is 0.225 e. The van der Waals surface area contributed by atoms with E-state index in [4.69, 9.17) is 0 Å². The molecule has 0 aliphatic carbocycles. The lowest BCUT2D eigenvalue weighted by molar-refractivity contribution is -0.116. The van der Waals surface area contributed by atoms with Crippen molar-refractivity contribution in [2.24, 2.45) is 0 Å². The van der Waals surface area contributed by atoms with Crippen LogP contribution in [0.4, 0.5) is 5.69 Å². The standard InChI is InChI=1S/C27H23N5O/c1-19-29-30-26-17-16-25(31-32(19)26)22-12-14-23(15-13-22)28-27(33)18-24(20-8-4-2-5-9-20)21-10-6-3-7-11-21/h2-17,24H,18H2,1H3,(H,28,33). The number of aryl methyl sites for hydroxylation is 1. The minimum Gasteiger partial charge on any atom is -0.326 e. The summed E-state index contributed by atoms with van der Waals surface area (Å²) in [6.07, 6.45) is 0.362. The summed E-state index contributed by atoms with van der Waals surface area (Å²) in [5.74, 6) is 0.705. The van der Waals surface area contributed by atoms with Crippen LogP contribution in [0.5, 0.6) is 0 Å². The van der Waals surface area contributed by atoms with Crippen molar-refractivity contribution in [2.75, 3.05) is 5.32 Å². The first-order valence-electron chi connectivity index (χ1n) is 10.9. The highest BCUT2D eigenvalue weighted by atomic mass is 16.1. The zero-order valence-electron chi connectivity index (χ0n) is 18.2. The van der Waals surface area contributed by atoms with Gasteiger partial charge in [0.2, 0.25) is 5.91 Å². The second-order valence-electron chi connectivity index (χ2n) is 7.94. The molecule has 0 aliphatic heterocycles. The van der Waals surface area contributed by atoms with Gasteiger partial charge in [-0.2, -0.15) is 9.61 Å². The van der Waals surface area contributed by atoms with Gasteiger partial charge in [0.15, 0.2) is 11.5 Å². The van der Waals surface area contributed by atoms with E-state index in [9.17, 15) is 4.79 Å². The molecule has 0 saturated heterocycles. The van der Waals surface area contributed by atoms with Gasteiger partial charge >= 0.3 is 0 Å². The van der Waals surface area contributed by atoms with Crippen molar-refractivity contribution >= 4 is 17.2 Å². The Morgan fingerprint density at radius 3 is 2.09 bits per heavy atom. The third kappa shape index (κ3) is 4.50. The number of fused-ring (bicyclic) bond motifs is 1. The van der Waals surface area contributed by atoms with Gasteiger partial charge in [0.1, 0.15) is 0 Å². The molecular weight excluding hydrogens is 410 g/mol. The van der Waals surface area contributed by atoms with Crippen LogP contribution in [0, 0.1) is 6.92 Å². The molecule has 0 aliphatic rings. The Morgan fingerprint density at radius 1 is 0.818 bits per heavy atom. The minimum absolute atomic E-state index is 0.00497. The Balaban J connectivity index is 1.32. The molecule has 33 heavy (non-hydrogen) atoms. The van der Waals surface area contributed by atoms with Gasteiger partial charge in [-0.1, -0.05) is 72.8 Å². The van der Waals surface area contributed by atoms with Crippen LogP contribution >= 0.6 is 0 Å². The summed E-state index contributed by atoms with van der Waals surface area (Å²) in [4.78, 5) is 12.9. The number of benzene rings is 3. The third-order valence-electron chi connectivity index (χ3n) is 5.68. The van der Waals surface area contributed by atoms with Gasteiger partial charge in [0, 0.05) is 23.6 Å². The van der Waals surface area contributed by atoms with E-state index in [-0.39, 0.29) is 11.8 Å². The SMILES string of the molecule is Cc1nnc2ccc(-c3ccc(NC(=O)CC(c4ccccc4)c4ccccc4)cc3)nn12. The molecule has 0 spiro atoms. The fourth-order valence-corrected chi connectivity index (χ4v) is 3.97. The van der Waals surface area contributed by atoms with Gasteiger partial charge in [-0.05, 0) is 42.3 Å². The van der Waals surface area contributed by atoms with Crippen LogP contribution in [-0.2, 0) is 4.79 Å². The highest BCUT2D eigenvalue weighted by molar-refractivity contribution is 5.91. The Morgan fingerprint density at radius 2 is 1.45 bits per heavy atom. The average molecular weight is 434 g/mol. The molecule has 2 heterocycles. The smallest absolute Gasteiger partial charge is 0.225 e. The van der Waals surface area contributed by atoms with Crippen molar-refractivity contribution in [1.29, 1.82) is 0 Å². The molecule has 0 bridgehead atoms. The Labute approximate surface area is 191 Å². The first-order chi connectivity index (χ1) is 16.2. The minimum atomic E-state index is -0.0277. The topological polar surface area (TPSA) is 72.2 Å². The number of aromatic nitrogens is 4. The lowest BCUT2D eigenvalue weighted by Gasteiger charge is -2.18. The second kappa shape index (κ2) is 9.04. The van der Waals surface area contributed by atoms with Crippen molar-refractivity contribution in [2.45, 2.75) is 19.3 Å². The van der Waals surface area contributed by atoms with Gasteiger partial charge in [0.25, 0.3) is 0 Å². The van der Waals surface area contributed by atoms with E-state index in [1.807, 2.05) is 79.7 Å². The van der Waals surface area contributed by atoms with Crippen LogP contribution in [-0.4, -0.2) is 25.7 Å². The summed E-state index contributed by atoms with van der Waals surface area (Å²) in [6.45, 7) is 1.87. The molecule has 0 atom stereocenters. The largest absolute Gasteiger partial charge is 0.326 e. The predicted molar refractivity (Wildman–Crippen MR) is 129 cm³/mol. The molecule has 2 aromatic heterocycles. The van der Waals surface area contributed by atoms with E-state index in [1.54, 1.807) is 4.52 Å². The fourth-order valence-electron chi connectivity index (χ4n) is 3.97. The maximum absolute atomic E-state index is 12.9. The highest BCUT2D eigenvalue weighted by Gasteiger charge is 2.18. The molecule has 0 saturated carbocycles. The highest BCUT2D eigenvalue weighted by Crippen LogP contribution is 2.28. The summed E-state index contributed by atoms with van der Waals surface area (Å²) in [5, 5.41) is 15.8. The van der Waals surface area contributed by atoms with Crippen LogP contribution < -0.4 is 5.32 Å². The van der Waals surface area contributed by atoms with E-state index in [2.05, 4.69) is 44.9 Å². The predicted octanol–water partition coefficient (Wildman–Crippen LogP) is 5.26. The lowest BCUT2D eigenvalue weighted by atomic mass is 9.88. The molecule has 5 rings (SSSR count). The molecular formula is C27H23N5O. The number of nitrogens with zero attached hydrogens (tertiary/aromatic N) is 4. The molecule has 0 unspecified atom stereocenters. The Kier molecular flexibility index (Phi) is 5.64. The summed E-state index contributed by atoms with van der Waals surface area (Å²) < 4.78 is 1.72. The lowest BCUT2D eigenvalue weighted by Crippen LogP contribution is -2.16. The molecule has 0 radical (unpaired) electrons. The number of amides is 1. The number of hydrogen-bond donors (Lipinski definition) is 1. The van der Waals surface area contributed by atoms with E-state index < -0.39 is 0 Å². The van der Waals surface area contributed by atoms with Crippen molar-refractivity contribution < 1.29 is 4.79 Å². The number of carbonyl (C=O) groups excluding carboxylic acids is 1. The van der Waals surface area contributed by atoms with Crippen LogP contribution in [0.25, 0.3) is 16.9 Å². The number of anilines is 1. The number of carbonyl (C=O) groups is 1. The molecule has 6 nitrogen and oxygen atoms in total. The van der Waals surface area contributed by atoms with Gasteiger partial charge in [-0.15, -0.1) is 10.2 Å². The van der Waals surface area contributed by atoms with Crippen molar-refractivity contribution in [3.8, 4) is 11.3 Å². The van der Waals surface area contributed by atoms with Crippen LogP contribution in [0.15, 0.2) is 97.1 Å². The normalized spacial score (nSPS) is 11.1. The van der Waals surface area contributed by atoms with Crippen molar-refractivity contribution in [3.63, 3.8) is 0 Å². The Hall–Kier alpha value is -4.32. The zero-order chi connectivity index (χ0) is 22.6. The van der Waals surface area contributed by atoms with E-state index in [1.165, 1.54) is 0 Å². The molecule has 1 amide bonds. The summed E-state index contributed by atoms with van der Waals surface area (Å²) in [5.41, 5.74) is 5.49. The fraction of sp³-hybridized carbons (Fsp3) is 0.111. The average Bonchev–Trinajstić information content (AvgIpc) is 3.24. The summed E-state index contributed by atoms with van der Waals surface area (Å²) >= 11 is 0. The van der Waals surface area contributed by atoms with Crippen LogP contribution in [0.2, 0.25) is 0 Å². The molecule has 3 aromatic carbocycles. The summed E-state index contributed by atoms with van der Waals surface area (Å²) in [7, 11) is 0. The van der Waals surface area contributed by atoms with Crippen LogP contribution in [0.1, 0.15) is 29.3 Å². The number of nitrogens with one attached hydrogen (secondary N) is 1. The van der Waals surface area contributed by atoms with Gasteiger partial charge < -0.3 is 5.32 Å². The molecule has 6 heteroatoms. The quantitative estimate of drug-likeness (QED) is 0.396. The van der Waals surface area contributed by atoms with Gasteiger partial charge in [0.05, 0.1) is 5.69 Å². The summed E-state index contributed by atoms with van der Waals surface area (Å²) in [6, 6.07) is 31.8. The molecule has 162 valence electrons. The maximum atomic E-state index is 12.9. The van der Waals surface area contributed by atoms with Gasteiger partial charge in [-0.25, -0.2) is 0 Å². The van der Waals surface area contributed by atoms with Crippen LogP contribution in [0.3, 0.4) is 0 Å². The number of rotatable bonds is 6. The molecule has 0 fully saturated rings. The first kappa shape index (κ1) is 20.6. The monoisotopic (exact) mass is 433 g/mol. The second-order valence-corrected chi connectivity index (χ2v) is 7.94. The zero-order valence-corrected chi connectivity index (χ0v) is 18.2. The Bertz CT molecular complexity index is 1340. The van der Waals surface area contributed by atoms with E-state index >= 15 is 0 Å². The van der Waals surface area contributed by atoms with Crippen molar-refractivity contribution in [3.05, 3.63) is 114 Å². The number of hydrogen-bond acceptors (Lipinski definition) is 4. The first-order valence-corrected chi connectivity index (χ1v) is 10.9. The van der Waals surface area contributed by atoms with Gasteiger partial charge in [-0.3, -0.25) is 4.79 Å². The van der Waals surface area contributed by atoms with Crippen molar-refractivity contribution in [1.82, 2.24) is 19.8 Å². The van der Waals surface area contributed by atoms with E-state index in [0.29, 0.717) is 12.1 Å².